The maximum atomic E-state index is 12.7. The number of hydrogen-bond donors (Lipinski definition) is 2. The first-order valence-electron chi connectivity index (χ1n) is 15.8. The third-order valence-corrected chi connectivity index (χ3v) is 10.5. The number of hydrogen-bond acceptors (Lipinski definition) is 8. The van der Waals surface area contributed by atoms with Gasteiger partial charge in [-0.25, -0.2) is 4.79 Å². The zero-order valence-electron chi connectivity index (χ0n) is 29.2. The van der Waals surface area contributed by atoms with Crippen LogP contribution in [0, 0.1) is 12.8 Å². The van der Waals surface area contributed by atoms with Crippen LogP contribution in [0.2, 0.25) is 51.4 Å². The summed E-state index contributed by atoms with van der Waals surface area (Å²) < 4.78 is 35.8. The van der Waals surface area contributed by atoms with E-state index in [1.807, 2.05) is 6.92 Å². The molecule has 2 rings (SSSR count). The zero-order chi connectivity index (χ0) is 33.9. The molecule has 2 aromatic rings. The van der Waals surface area contributed by atoms with Crippen LogP contribution in [0.25, 0.3) is 0 Å². The van der Waals surface area contributed by atoms with Gasteiger partial charge in [-0.2, -0.15) is 0 Å². The van der Waals surface area contributed by atoms with Gasteiger partial charge in [0.25, 0.3) is 0 Å². The van der Waals surface area contributed by atoms with Gasteiger partial charge < -0.3 is 38.6 Å². The Morgan fingerprint density at radius 1 is 0.844 bits per heavy atom. The molecule has 0 aliphatic rings. The number of carboxylic acid groups (broad SMARTS) is 1. The summed E-state index contributed by atoms with van der Waals surface area (Å²) in [5.74, 6) is -0.202. The number of carbonyl (C=O) groups is 1. The molecule has 2 atom stereocenters. The molecule has 0 aromatic heterocycles. The summed E-state index contributed by atoms with van der Waals surface area (Å²) in [7, 11) is -1.08. The molecule has 2 N–H and O–H groups in total. The Morgan fingerprint density at radius 2 is 1.44 bits per heavy atom. The molecule has 0 saturated heterocycles. The molecule has 2 aromatic carbocycles. The van der Waals surface area contributed by atoms with Gasteiger partial charge in [-0.15, -0.1) is 0 Å². The predicted octanol–water partition coefficient (Wildman–Crippen LogP) is 8.65. The highest BCUT2D eigenvalue weighted by Crippen LogP contribution is 2.44. The van der Waals surface area contributed by atoms with Crippen molar-refractivity contribution in [2.45, 2.75) is 97.7 Å². The van der Waals surface area contributed by atoms with Gasteiger partial charge in [0.1, 0.15) is 23.9 Å². The fourth-order valence-electron chi connectivity index (χ4n) is 4.57. The lowest BCUT2D eigenvalue weighted by Gasteiger charge is -2.25. The van der Waals surface area contributed by atoms with Gasteiger partial charge in [0.2, 0.25) is 0 Å². The number of aliphatic hydroxyl groups excluding tert-OH is 1. The van der Waals surface area contributed by atoms with E-state index >= 15 is 0 Å². The first kappa shape index (κ1) is 38.8. The Labute approximate surface area is 272 Å². The summed E-state index contributed by atoms with van der Waals surface area (Å²) >= 11 is 0. The standard InChI is InChI=1S/C34H56O9Si2/c1-23(2)18-29(41-21-39-14-16-44(6,7)8)26-12-13-28(31(34(36)37)33(26)38-5)43-32-27(25(4)35)19-24(3)20-30(32)42-22-40-15-17-45(9,10)11/h12-13,19-20,23,25,29,35H,14-18,21-22H2,1-11H3,(H,36,37)/t25?,29-/m0/s1. The van der Waals surface area contributed by atoms with Crippen LogP contribution in [0.5, 0.6) is 23.0 Å². The van der Waals surface area contributed by atoms with Crippen molar-refractivity contribution in [3.63, 3.8) is 0 Å². The smallest absolute Gasteiger partial charge is 0.343 e. The van der Waals surface area contributed by atoms with Crippen molar-refractivity contribution >= 4 is 22.1 Å². The lowest BCUT2D eigenvalue weighted by Crippen LogP contribution is -2.22. The van der Waals surface area contributed by atoms with Crippen LogP contribution in [0.4, 0.5) is 0 Å². The van der Waals surface area contributed by atoms with Crippen LogP contribution in [-0.4, -0.2) is 66.2 Å². The fraction of sp³-hybridized carbons (Fsp3) is 0.618. The number of aryl methyl sites for hydroxylation is 1. The molecular weight excluding hydrogens is 609 g/mol. The molecular formula is C34H56O9Si2. The molecule has 45 heavy (non-hydrogen) atoms. The van der Waals surface area contributed by atoms with Gasteiger partial charge in [0, 0.05) is 40.5 Å². The second-order valence-corrected chi connectivity index (χ2v) is 25.7. The average Bonchev–Trinajstić information content (AvgIpc) is 2.91. The Hall–Kier alpha value is -2.42. The van der Waals surface area contributed by atoms with Crippen LogP contribution in [-0.2, 0) is 14.2 Å². The van der Waals surface area contributed by atoms with E-state index in [1.54, 1.807) is 31.2 Å². The Balaban J connectivity index is 2.46. The summed E-state index contributed by atoms with van der Waals surface area (Å²) in [6.07, 6.45) is -0.736. The number of rotatable bonds is 20. The van der Waals surface area contributed by atoms with E-state index in [0.717, 1.165) is 17.7 Å². The molecule has 9 nitrogen and oxygen atoms in total. The van der Waals surface area contributed by atoms with Crippen molar-refractivity contribution in [3.8, 4) is 23.0 Å². The third-order valence-electron chi connectivity index (χ3n) is 7.13. The van der Waals surface area contributed by atoms with E-state index < -0.39 is 34.3 Å². The minimum absolute atomic E-state index is 0.00811. The molecule has 0 fully saturated rings. The van der Waals surface area contributed by atoms with Crippen molar-refractivity contribution in [1.29, 1.82) is 0 Å². The molecule has 1 unspecified atom stereocenters. The maximum absolute atomic E-state index is 12.7. The van der Waals surface area contributed by atoms with Gasteiger partial charge in [0.05, 0.1) is 19.3 Å². The molecule has 0 aliphatic heterocycles. The number of aromatic carboxylic acids is 1. The summed E-state index contributed by atoms with van der Waals surface area (Å²) in [6.45, 7) is 22.6. The van der Waals surface area contributed by atoms with Crippen molar-refractivity contribution < 1.29 is 43.4 Å². The van der Waals surface area contributed by atoms with Gasteiger partial charge in [0.15, 0.2) is 18.3 Å². The normalized spacial score (nSPS) is 13.5. The van der Waals surface area contributed by atoms with Crippen molar-refractivity contribution in [2.24, 2.45) is 5.92 Å². The number of methoxy groups -OCH3 is 1. The minimum Gasteiger partial charge on any atom is -0.495 e. The van der Waals surface area contributed by atoms with E-state index in [-0.39, 0.29) is 42.3 Å². The second-order valence-electron chi connectivity index (χ2n) is 14.4. The highest BCUT2D eigenvalue weighted by Gasteiger charge is 2.29. The topological polar surface area (TPSA) is 113 Å². The molecule has 0 aliphatic carbocycles. The van der Waals surface area contributed by atoms with E-state index in [1.165, 1.54) is 7.11 Å². The van der Waals surface area contributed by atoms with E-state index in [0.29, 0.717) is 36.5 Å². The van der Waals surface area contributed by atoms with E-state index in [4.69, 9.17) is 28.4 Å². The van der Waals surface area contributed by atoms with E-state index in [2.05, 4.69) is 53.1 Å². The van der Waals surface area contributed by atoms with Gasteiger partial charge in [-0.3, -0.25) is 0 Å². The fourth-order valence-corrected chi connectivity index (χ4v) is 6.08. The Morgan fingerprint density at radius 3 is 1.96 bits per heavy atom. The van der Waals surface area contributed by atoms with Crippen LogP contribution in [0.15, 0.2) is 24.3 Å². The number of carboxylic acids is 1. The summed E-state index contributed by atoms with van der Waals surface area (Å²) in [5, 5.41) is 21.1. The summed E-state index contributed by atoms with van der Waals surface area (Å²) in [6, 6.07) is 8.96. The van der Waals surface area contributed by atoms with Gasteiger partial charge in [-0.05, 0) is 68.1 Å². The van der Waals surface area contributed by atoms with Crippen molar-refractivity contribution in [3.05, 3.63) is 46.5 Å². The lowest BCUT2D eigenvalue weighted by atomic mass is 9.96. The summed E-state index contributed by atoms with van der Waals surface area (Å²) in [4.78, 5) is 12.7. The number of ether oxygens (including phenoxy) is 6. The predicted molar refractivity (Wildman–Crippen MR) is 184 cm³/mol. The lowest BCUT2D eigenvalue weighted by molar-refractivity contribution is -0.0936. The van der Waals surface area contributed by atoms with Crippen LogP contribution in [0.1, 0.15) is 66.4 Å². The average molecular weight is 665 g/mol. The monoisotopic (exact) mass is 664 g/mol. The zero-order valence-corrected chi connectivity index (χ0v) is 31.2. The van der Waals surface area contributed by atoms with Gasteiger partial charge in [-0.1, -0.05) is 53.1 Å². The van der Waals surface area contributed by atoms with Crippen molar-refractivity contribution in [1.82, 2.24) is 0 Å². The molecule has 0 amide bonds. The second kappa shape index (κ2) is 17.5. The number of benzene rings is 2. The molecule has 0 radical (unpaired) electrons. The van der Waals surface area contributed by atoms with Crippen LogP contribution < -0.4 is 14.2 Å². The van der Waals surface area contributed by atoms with Crippen molar-refractivity contribution in [2.75, 3.05) is 33.9 Å². The minimum atomic E-state index is -1.27. The van der Waals surface area contributed by atoms with Crippen LogP contribution in [0.3, 0.4) is 0 Å². The Kier molecular flexibility index (Phi) is 15.1. The summed E-state index contributed by atoms with van der Waals surface area (Å²) in [5.41, 5.74) is 1.75. The third kappa shape index (κ3) is 13.1. The first-order chi connectivity index (χ1) is 20.9. The molecule has 0 spiro atoms. The molecule has 0 saturated carbocycles. The molecule has 0 heterocycles. The highest BCUT2D eigenvalue weighted by molar-refractivity contribution is 6.76. The SMILES string of the molecule is COc1c([C@H](CC(C)C)OCOCC[Si](C)(C)C)ccc(Oc2c(OCOCC[Si](C)(C)C)cc(C)cc2C(C)O)c1C(=O)O. The highest BCUT2D eigenvalue weighted by atomic mass is 28.3. The maximum Gasteiger partial charge on any atom is 0.343 e. The molecule has 0 bridgehead atoms. The molecule has 254 valence electrons. The quantitative estimate of drug-likeness (QED) is 0.0816. The Bertz CT molecular complexity index is 1230. The van der Waals surface area contributed by atoms with E-state index in [9.17, 15) is 15.0 Å². The number of aliphatic hydroxyl groups is 1. The molecule has 11 heteroatoms. The van der Waals surface area contributed by atoms with Gasteiger partial charge >= 0.3 is 5.97 Å². The van der Waals surface area contributed by atoms with Crippen LogP contribution >= 0.6 is 0 Å². The largest absolute Gasteiger partial charge is 0.495 e. The first-order valence-corrected chi connectivity index (χ1v) is 23.2.